The number of phenols is 1. The van der Waals surface area contributed by atoms with Gasteiger partial charge in [0, 0.05) is 18.0 Å². The SMILES string of the molecule is CCCCn1c(-c2ccc(F)cc2F)nc2sc3c(O)cccc3c2c1=O. The van der Waals surface area contributed by atoms with Gasteiger partial charge >= 0.3 is 0 Å². The fraction of sp³-hybridized carbons (Fsp3) is 0.200. The van der Waals surface area contributed by atoms with Gasteiger partial charge in [0.25, 0.3) is 5.56 Å². The van der Waals surface area contributed by atoms with Crippen LogP contribution in [0.2, 0.25) is 0 Å². The Kier molecular flexibility index (Phi) is 4.39. The maximum absolute atomic E-state index is 14.4. The van der Waals surface area contributed by atoms with Crippen molar-refractivity contribution >= 4 is 31.6 Å². The zero-order chi connectivity index (χ0) is 19.1. The predicted octanol–water partition coefficient (Wildman–Crippen LogP) is 5.06. The molecular formula is C20H16F2N2O2S. The summed E-state index contributed by atoms with van der Waals surface area (Å²) in [5.74, 6) is -1.21. The summed E-state index contributed by atoms with van der Waals surface area (Å²) in [5.41, 5.74) is -0.211. The third kappa shape index (κ3) is 2.88. The summed E-state index contributed by atoms with van der Waals surface area (Å²) in [4.78, 5) is 18.2. The van der Waals surface area contributed by atoms with E-state index in [1.165, 1.54) is 22.0 Å². The maximum atomic E-state index is 14.4. The number of thiophene rings is 1. The van der Waals surface area contributed by atoms with Crippen LogP contribution in [0, 0.1) is 11.6 Å². The Morgan fingerprint density at radius 3 is 2.78 bits per heavy atom. The number of rotatable bonds is 4. The molecular weight excluding hydrogens is 370 g/mol. The molecule has 0 saturated heterocycles. The molecule has 0 amide bonds. The molecule has 0 spiro atoms. The van der Waals surface area contributed by atoms with E-state index < -0.39 is 11.6 Å². The van der Waals surface area contributed by atoms with E-state index in [4.69, 9.17) is 0 Å². The van der Waals surface area contributed by atoms with Crippen LogP contribution in [0.1, 0.15) is 19.8 Å². The van der Waals surface area contributed by atoms with Crippen molar-refractivity contribution < 1.29 is 13.9 Å². The van der Waals surface area contributed by atoms with E-state index in [1.54, 1.807) is 18.2 Å². The quantitative estimate of drug-likeness (QED) is 0.533. The highest BCUT2D eigenvalue weighted by atomic mass is 32.1. The highest BCUT2D eigenvalue weighted by Crippen LogP contribution is 2.37. The van der Waals surface area contributed by atoms with Crippen LogP contribution in [0.3, 0.4) is 0 Å². The first-order valence-electron chi connectivity index (χ1n) is 8.61. The number of unbranched alkanes of at least 4 members (excludes halogenated alkanes) is 1. The molecule has 0 unspecified atom stereocenters. The molecule has 0 saturated carbocycles. The molecule has 2 aromatic carbocycles. The highest BCUT2D eigenvalue weighted by Gasteiger charge is 2.20. The Morgan fingerprint density at radius 2 is 2.04 bits per heavy atom. The van der Waals surface area contributed by atoms with Crippen molar-refractivity contribution in [2.75, 3.05) is 0 Å². The molecule has 0 aliphatic carbocycles. The third-order valence-corrected chi connectivity index (χ3v) is 5.63. The van der Waals surface area contributed by atoms with E-state index in [2.05, 4.69) is 4.98 Å². The van der Waals surface area contributed by atoms with Crippen LogP contribution in [-0.2, 0) is 6.54 Å². The Bertz CT molecular complexity index is 1230. The van der Waals surface area contributed by atoms with E-state index in [9.17, 15) is 18.7 Å². The number of hydrogen-bond acceptors (Lipinski definition) is 4. The smallest absolute Gasteiger partial charge is 0.263 e. The molecule has 4 aromatic rings. The molecule has 2 heterocycles. The molecule has 27 heavy (non-hydrogen) atoms. The minimum absolute atomic E-state index is 0.0736. The van der Waals surface area contributed by atoms with E-state index in [1.807, 2.05) is 6.92 Å². The molecule has 138 valence electrons. The van der Waals surface area contributed by atoms with Crippen molar-refractivity contribution in [2.45, 2.75) is 26.3 Å². The van der Waals surface area contributed by atoms with Crippen molar-refractivity contribution in [1.29, 1.82) is 0 Å². The average Bonchev–Trinajstić information content (AvgIpc) is 3.01. The molecule has 0 aliphatic heterocycles. The Hall–Kier alpha value is -2.80. The van der Waals surface area contributed by atoms with E-state index in [-0.39, 0.29) is 22.7 Å². The molecule has 0 bridgehead atoms. The van der Waals surface area contributed by atoms with Crippen LogP contribution in [0.4, 0.5) is 8.78 Å². The number of benzene rings is 2. The summed E-state index contributed by atoms with van der Waals surface area (Å²) < 4.78 is 29.7. The van der Waals surface area contributed by atoms with Crippen molar-refractivity contribution in [3.05, 3.63) is 58.4 Å². The van der Waals surface area contributed by atoms with Crippen molar-refractivity contribution in [2.24, 2.45) is 0 Å². The Labute approximate surface area is 157 Å². The van der Waals surface area contributed by atoms with Gasteiger partial charge in [0.15, 0.2) is 0 Å². The molecule has 4 rings (SSSR count). The average molecular weight is 386 g/mol. The molecule has 0 aliphatic rings. The number of aromatic hydroxyl groups is 1. The van der Waals surface area contributed by atoms with E-state index >= 15 is 0 Å². The van der Waals surface area contributed by atoms with Crippen LogP contribution in [-0.4, -0.2) is 14.7 Å². The summed E-state index contributed by atoms with van der Waals surface area (Å²) in [5, 5.41) is 11.1. The van der Waals surface area contributed by atoms with Gasteiger partial charge in [-0.3, -0.25) is 9.36 Å². The lowest BCUT2D eigenvalue weighted by molar-refractivity contribution is 0.482. The van der Waals surface area contributed by atoms with Gasteiger partial charge in [-0.1, -0.05) is 25.5 Å². The van der Waals surface area contributed by atoms with Gasteiger partial charge < -0.3 is 5.11 Å². The summed E-state index contributed by atoms with van der Waals surface area (Å²) in [6, 6.07) is 8.22. The number of phenolic OH excluding ortho intramolecular Hbond substituents is 1. The summed E-state index contributed by atoms with van der Waals surface area (Å²) in [6.07, 6.45) is 1.57. The maximum Gasteiger partial charge on any atom is 0.263 e. The zero-order valence-electron chi connectivity index (χ0n) is 14.5. The molecule has 1 N–H and O–H groups in total. The monoisotopic (exact) mass is 386 g/mol. The zero-order valence-corrected chi connectivity index (χ0v) is 15.3. The Balaban J connectivity index is 2.09. The lowest BCUT2D eigenvalue weighted by Gasteiger charge is -2.13. The number of halogens is 2. The topological polar surface area (TPSA) is 55.1 Å². The van der Waals surface area contributed by atoms with E-state index in [0.717, 1.165) is 25.0 Å². The largest absolute Gasteiger partial charge is 0.506 e. The second kappa shape index (κ2) is 6.74. The number of fused-ring (bicyclic) bond motifs is 3. The lowest BCUT2D eigenvalue weighted by Crippen LogP contribution is -2.23. The van der Waals surface area contributed by atoms with Gasteiger partial charge in [-0.2, -0.15) is 0 Å². The molecule has 4 nitrogen and oxygen atoms in total. The van der Waals surface area contributed by atoms with Gasteiger partial charge in [-0.25, -0.2) is 13.8 Å². The molecule has 7 heteroatoms. The van der Waals surface area contributed by atoms with Gasteiger partial charge in [-0.15, -0.1) is 11.3 Å². The second-order valence-corrected chi connectivity index (χ2v) is 7.31. The first kappa shape index (κ1) is 17.6. The fourth-order valence-electron chi connectivity index (χ4n) is 3.17. The minimum Gasteiger partial charge on any atom is -0.506 e. The summed E-state index contributed by atoms with van der Waals surface area (Å²) in [7, 11) is 0. The van der Waals surface area contributed by atoms with Crippen molar-refractivity contribution in [1.82, 2.24) is 9.55 Å². The molecule has 0 atom stereocenters. The van der Waals surface area contributed by atoms with Crippen LogP contribution < -0.4 is 5.56 Å². The van der Waals surface area contributed by atoms with Crippen LogP contribution in [0.15, 0.2) is 41.2 Å². The van der Waals surface area contributed by atoms with E-state index in [0.29, 0.717) is 26.8 Å². The first-order valence-corrected chi connectivity index (χ1v) is 9.43. The Morgan fingerprint density at radius 1 is 1.22 bits per heavy atom. The third-order valence-electron chi connectivity index (χ3n) is 4.51. The predicted molar refractivity (Wildman–Crippen MR) is 103 cm³/mol. The summed E-state index contributed by atoms with van der Waals surface area (Å²) in [6.45, 7) is 2.37. The van der Waals surface area contributed by atoms with Crippen molar-refractivity contribution in [3.63, 3.8) is 0 Å². The van der Waals surface area contributed by atoms with Crippen LogP contribution >= 0.6 is 11.3 Å². The first-order chi connectivity index (χ1) is 13.0. The number of aromatic nitrogens is 2. The second-order valence-electron chi connectivity index (χ2n) is 6.31. The van der Waals surface area contributed by atoms with Crippen LogP contribution in [0.5, 0.6) is 5.75 Å². The normalized spacial score (nSPS) is 11.5. The van der Waals surface area contributed by atoms with Gasteiger partial charge in [-0.05, 0) is 24.6 Å². The van der Waals surface area contributed by atoms with Gasteiger partial charge in [0.2, 0.25) is 0 Å². The number of hydrogen-bond donors (Lipinski definition) is 1. The fourth-order valence-corrected chi connectivity index (χ4v) is 4.24. The number of nitrogens with zero attached hydrogens (tertiary/aromatic N) is 2. The standard InChI is InChI=1S/C20H16F2N2O2S/c1-2-3-9-24-18(12-8-7-11(21)10-14(12)22)23-19-16(20(24)26)13-5-4-6-15(25)17(13)27-19/h4-8,10,25H,2-3,9H2,1H3. The molecule has 0 fully saturated rings. The summed E-state index contributed by atoms with van der Waals surface area (Å²) >= 11 is 1.18. The lowest BCUT2D eigenvalue weighted by atomic mass is 10.1. The molecule has 0 radical (unpaired) electrons. The van der Waals surface area contributed by atoms with Gasteiger partial charge in [0.1, 0.15) is 28.0 Å². The highest BCUT2D eigenvalue weighted by molar-refractivity contribution is 7.25. The van der Waals surface area contributed by atoms with Gasteiger partial charge in [0.05, 0.1) is 15.6 Å². The van der Waals surface area contributed by atoms with Crippen molar-refractivity contribution in [3.8, 4) is 17.1 Å². The van der Waals surface area contributed by atoms with Crippen LogP contribution in [0.25, 0.3) is 31.7 Å². The molecule has 2 aromatic heterocycles. The minimum atomic E-state index is -0.768.